The van der Waals surface area contributed by atoms with Crippen molar-refractivity contribution < 1.29 is 17.9 Å². The Morgan fingerprint density at radius 1 is 1.38 bits per heavy atom. The summed E-state index contributed by atoms with van der Waals surface area (Å²) < 4.78 is 45.9. The van der Waals surface area contributed by atoms with Crippen LogP contribution in [0.3, 0.4) is 0 Å². The van der Waals surface area contributed by atoms with E-state index in [1.165, 1.54) is 13.2 Å². The number of hydrogen-bond acceptors (Lipinski definition) is 4. The van der Waals surface area contributed by atoms with Crippen molar-refractivity contribution in [3.05, 3.63) is 40.6 Å². The van der Waals surface area contributed by atoms with Crippen LogP contribution in [-0.2, 0) is 26.2 Å². The van der Waals surface area contributed by atoms with Gasteiger partial charge in [0.1, 0.15) is 0 Å². The molecule has 0 unspecified atom stereocenters. The second kappa shape index (κ2) is 6.83. The molecule has 0 aliphatic rings. The highest BCUT2D eigenvalue weighted by atomic mass is 19.4. The molecule has 0 bridgehead atoms. The van der Waals surface area contributed by atoms with Crippen molar-refractivity contribution in [2.45, 2.75) is 26.1 Å². The highest BCUT2D eigenvalue weighted by molar-refractivity contribution is 5.53. The van der Waals surface area contributed by atoms with Gasteiger partial charge >= 0.3 is 6.18 Å². The number of nitriles is 1. The minimum atomic E-state index is -4.58. The Morgan fingerprint density at radius 3 is 2.62 bits per heavy atom. The highest BCUT2D eigenvalue weighted by Crippen LogP contribution is 2.34. The number of aromatic nitrogens is 2. The molecule has 5 nitrogen and oxygen atoms in total. The average Bonchev–Trinajstić information content (AvgIpc) is 2.86. The number of nitrogens with zero attached hydrogens (tertiary/aromatic N) is 3. The van der Waals surface area contributed by atoms with E-state index in [1.807, 2.05) is 6.92 Å². The van der Waals surface area contributed by atoms with E-state index in [-0.39, 0.29) is 12.2 Å². The van der Waals surface area contributed by atoms with Gasteiger partial charge in [0.25, 0.3) is 0 Å². The van der Waals surface area contributed by atoms with E-state index in [0.29, 0.717) is 12.3 Å². The predicted molar refractivity (Wildman–Crippen MR) is 82.6 cm³/mol. The molecule has 0 saturated carbocycles. The topological polar surface area (TPSA) is 62.9 Å². The molecule has 0 aliphatic heterocycles. The standard InChI is InChI=1S/C16H17F3N4O/c1-4-14-12(15(24-3)23(2)22-14)9-21-11-6-5-10(8-20)13(7-11)16(17,18)19/h5-7,21H,4,9H2,1-3H3. The molecule has 0 amide bonds. The van der Waals surface area contributed by atoms with Gasteiger partial charge in [-0.05, 0) is 24.6 Å². The molecule has 1 heterocycles. The van der Waals surface area contributed by atoms with Gasteiger partial charge in [-0.1, -0.05) is 6.92 Å². The number of aryl methyl sites for hydroxylation is 2. The Balaban J connectivity index is 2.29. The summed E-state index contributed by atoms with van der Waals surface area (Å²) in [5.41, 5.74) is 0.520. The lowest BCUT2D eigenvalue weighted by Crippen LogP contribution is -2.10. The smallest absolute Gasteiger partial charge is 0.417 e. The lowest BCUT2D eigenvalue weighted by atomic mass is 10.1. The summed E-state index contributed by atoms with van der Waals surface area (Å²) in [6, 6.07) is 5.11. The van der Waals surface area contributed by atoms with Crippen LogP contribution in [0.25, 0.3) is 0 Å². The fourth-order valence-corrected chi connectivity index (χ4v) is 2.50. The number of rotatable bonds is 5. The van der Waals surface area contributed by atoms with Crippen LogP contribution in [0.1, 0.15) is 29.3 Å². The predicted octanol–water partition coefficient (Wildman–Crippen LogP) is 3.49. The fraction of sp³-hybridized carbons (Fsp3) is 0.375. The van der Waals surface area contributed by atoms with Gasteiger partial charge < -0.3 is 10.1 Å². The molecule has 2 aromatic rings. The summed E-state index contributed by atoms with van der Waals surface area (Å²) in [5, 5.41) is 16.1. The van der Waals surface area contributed by atoms with E-state index in [4.69, 9.17) is 10.00 Å². The molecule has 1 aromatic carbocycles. The van der Waals surface area contributed by atoms with Gasteiger partial charge in [-0.15, -0.1) is 0 Å². The summed E-state index contributed by atoms with van der Waals surface area (Å²) in [6.45, 7) is 2.21. The van der Waals surface area contributed by atoms with Gasteiger partial charge in [-0.25, -0.2) is 4.68 Å². The van der Waals surface area contributed by atoms with Crippen molar-refractivity contribution in [3.8, 4) is 11.9 Å². The minimum Gasteiger partial charge on any atom is -0.481 e. The fourth-order valence-electron chi connectivity index (χ4n) is 2.50. The maximum atomic E-state index is 13.0. The van der Waals surface area contributed by atoms with Gasteiger partial charge in [0.05, 0.1) is 35.6 Å². The molecule has 0 aliphatic carbocycles. The number of alkyl halides is 3. The summed E-state index contributed by atoms with van der Waals surface area (Å²) in [5.74, 6) is 0.559. The number of nitrogens with one attached hydrogen (secondary N) is 1. The largest absolute Gasteiger partial charge is 0.481 e. The lowest BCUT2D eigenvalue weighted by Gasteiger charge is -2.13. The van der Waals surface area contributed by atoms with Crippen LogP contribution in [0.5, 0.6) is 5.88 Å². The summed E-state index contributed by atoms with van der Waals surface area (Å²) >= 11 is 0. The monoisotopic (exact) mass is 338 g/mol. The molecule has 128 valence electrons. The Labute approximate surface area is 137 Å². The van der Waals surface area contributed by atoms with Crippen molar-refractivity contribution in [3.63, 3.8) is 0 Å². The maximum absolute atomic E-state index is 13.0. The molecule has 0 radical (unpaired) electrons. The van der Waals surface area contributed by atoms with Crippen LogP contribution >= 0.6 is 0 Å². The van der Waals surface area contributed by atoms with E-state index in [0.717, 1.165) is 23.4 Å². The molecule has 0 spiro atoms. The SMILES string of the molecule is CCc1nn(C)c(OC)c1CNc1ccc(C#N)c(C(F)(F)F)c1. The molecule has 2 rings (SSSR count). The van der Waals surface area contributed by atoms with Gasteiger partial charge in [-0.3, -0.25) is 0 Å². The third-order valence-corrected chi connectivity index (χ3v) is 3.61. The summed E-state index contributed by atoms with van der Waals surface area (Å²) in [4.78, 5) is 0. The summed E-state index contributed by atoms with van der Waals surface area (Å²) in [6.07, 6.45) is -3.90. The first-order valence-electron chi connectivity index (χ1n) is 7.25. The van der Waals surface area contributed by atoms with Crippen molar-refractivity contribution in [1.82, 2.24) is 9.78 Å². The van der Waals surface area contributed by atoms with Crippen molar-refractivity contribution in [1.29, 1.82) is 5.26 Å². The molecular weight excluding hydrogens is 321 g/mol. The number of ether oxygens (including phenoxy) is 1. The molecule has 0 atom stereocenters. The molecule has 1 N–H and O–H groups in total. The third-order valence-electron chi connectivity index (χ3n) is 3.61. The first kappa shape index (κ1) is 17.7. The quantitative estimate of drug-likeness (QED) is 0.906. The van der Waals surface area contributed by atoms with Gasteiger partial charge in [0.2, 0.25) is 5.88 Å². The molecule has 1 aromatic heterocycles. The second-order valence-corrected chi connectivity index (χ2v) is 5.14. The van der Waals surface area contributed by atoms with E-state index in [1.54, 1.807) is 17.8 Å². The third kappa shape index (κ3) is 3.45. The van der Waals surface area contributed by atoms with Crippen molar-refractivity contribution in [2.24, 2.45) is 7.05 Å². The molecule has 0 saturated heterocycles. The highest BCUT2D eigenvalue weighted by Gasteiger charge is 2.33. The Hall–Kier alpha value is -2.69. The van der Waals surface area contributed by atoms with Crippen molar-refractivity contribution >= 4 is 5.69 Å². The number of hydrogen-bond donors (Lipinski definition) is 1. The van der Waals surface area contributed by atoms with Gasteiger partial charge in [0.15, 0.2) is 0 Å². The van der Waals surface area contributed by atoms with Crippen LogP contribution < -0.4 is 10.1 Å². The second-order valence-electron chi connectivity index (χ2n) is 5.14. The Kier molecular flexibility index (Phi) is 5.02. The first-order chi connectivity index (χ1) is 11.3. The first-order valence-corrected chi connectivity index (χ1v) is 7.25. The van der Waals surface area contributed by atoms with E-state index in [9.17, 15) is 13.2 Å². The number of methoxy groups -OCH3 is 1. The van der Waals surface area contributed by atoms with Crippen LogP contribution in [0, 0.1) is 11.3 Å². The van der Waals surface area contributed by atoms with E-state index >= 15 is 0 Å². The molecule has 0 fully saturated rings. The Morgan fingerprint density at radius 2 is 2.08 bits per heavy atom. The Bertz CT molecular complexity index is 775. The van der Waals surface area contributed by atoms with Crippen LogP contribution in [0.15, 0.2) is 18.2 Å². The zero-order valence-corrected chi connectivity index (χ0v) is 13.5. The van der Waals surface area contributed by atoms with E-state index in [2.05, 4.69) is 10.4 Å². The number of anilines is 1. The average molecular weight is 338 g/mol. The van der Waals surface area contributed by atoms with Crippen LogP contribution in [-0.4, -0.2) is 16.9 Å². The maximum Gasteiger partial charge on any atom is 0.417 e. The zero-order valence-electron chi connectivity index (χ0n) is 13.5. The lowest BCUT2D eigenvalue weighted by molar-refractivity contribution is -0.137. The number of halogens is 3. The molecule has 8 heteroatoms. The normalized spacial score (nSPS) is 11.2. The number of benzene rings is 1. The van der Waals surface area contributed by atoms with Gasteiger partial charge in [0, 0.05) is 19.3 Å². The summed E-state index contributed by atoms with van der Waals surface area (Å²) in [7, 11) is 3.26. The minimum absolute atomic E-state index is 0.267. The van der Waals surface area contributed by atoms with Crippen LogP contribution in [0.2, 0.25) is 0 Å². The zero-order chi connectivity index (χ0) is 17.9. The van der Waals surface area contributed by atoms with Crippen LogP contribution in [0.4, 0.5) is 18.9 Å². The van der Waals surface area contributed by atoms with Gasteiger partial charge in [-0.2, -0.15) is 23.5 Å². The molecule has 24 heavy (non-hydrogen) atoms. The van der Waals surface area contributed by atoms with Crippen molar-refractivity contribution in [2.75, 3.05) is 12.4 Å². The molecular formula is C16H17F3N4O. The van der Waals surface area contributed by atoms with E-state index < -0.39 is 17.3 Å².